The third-order valence-electron chi connectivity index (χ3n) is 3.39. The standard InChI is InChI=1S/C15H19ClN2O3/c1-15(19,11-5-4-6-12(9-11)21-3)14-13(16)10-17-18(14)7-8-20-2/h4-6,9-10,19H,7-8H2,1-3H3. The van der Waals surface area contributed by atoms with Gasteiger partial charge in [-0.2, -0.15) is 5.10 Å². The first-order chi connectivity index (χ1) is 10.0. The Labute approximate surface area is 129 Å². The minimum Gasteiger partial charge on any atom is -0.497 e. The summed E-state index contributed by atoms with van der Waals surface area (Å²) in [5, 5.41) is 15.6. The summed E-state index contributed by atoms with van der Waals surface area (Å²) in [6.07, 6.45) is 1.53. The summed E-state index contributed by atoms with van der Waals surface area (Å²) >= 11 is 6.22. The number of methoxy groups -OCH3 is 2. The lowest BCUT2D eigenvalue weighted by Gasteiger charge is -2.26. The van der Waals surface area contributed by atoms with E-state index in [1.807, 2.05) is 18.2 Å². The van der Waals surface area contributed by atoms with Crippen LogP contribution >= 0.6 is 11.6 Å². The van der Waals surface area contributed by atoms with Gasteiger partial charge in [0, 0.05) is 7.11 Å². The van der Waals surface area contributed by atoms with Crippen molar-refractivity contribution >= 4 is 11.6 Å². The minimum atomic E-state index is -1.28. The zero-order valence-corrected chi connectivity index (χ0v) is 13.1. The van der Waals surface area contributed by atoms with E-state index < -0.39 is 5.60 Å². The maximum absolute atomic E-state index is 11.0. The second kappa shape index (κ2) is 6.47. The highest BCUT2D eigenvalue weighted by molar-refractivity contribution is 6.31. The molecule has 21 heavy (non-hydrogen) atoms. The monoisotopic (exact) mass is 310 g/mol. The van der Waals surface area contributed by atoms with Gasteiger partial charge in [0.15, 0.2) is 0 Å². The van der Waals surface area contributed by atoms with E-state index in [0.717, 1.165) is 0 Å². The van der Waals surface area contributed by atoms with Crippen molar-refractivity contribution in [2.45, 2.75) is 19.1 Å². The Kier molecular flexibility index (Phi) is 4.88. The fourth-order valence-electron chi connectivity index (χ4n) is 2.26. The molecule has 5 nitrogen and oxygen atoms in total. The zero-order valence-electron chi connectivity index (χ0n) is 12.3. The molecule has 0 saturated carbocycles. The zero-order chi connectivity index (χ0) is 15.5. The van der Waals surface area contributed by atoms with Gasteiger partial charge in [-0.1, -0.05) is 23.7 Å². The van der Waals surface area contributed by atoms with Crippen LogP contribution in [-0.2, 0) is 16.9 Å². The molecule has 0 radical (unpaired) electrons. The maximum Gasteiger partial charge on any atom is 0.130 e. The highest BCUT2D eigenvalue weighted by Crippen LogP contribution is 2.35. The Bertz CT molecular complexity index is 611. The Hall–Kier alpha value is -1.56. The number of halogens is 1. The largest absolute Gasteiger partial charge is 0.497 e. The molecule has 0 amide bonds. The van der Waals surface area contributed by atoms with Gasteiger partial charge in [0.1, 0.15) is 11.4 Å². The molecule has 1 heterocycles. The van der Waals surface area contributed by atoms with Crippen molar-refractivity contribution in [3.05, 3.63) is 46.7 Å². The Morgan fingerprint density at radius 1 is 1.38 bits per heavy atom. The number of aliphatic hydroxyl groups is 1. The second-order valence-electron chi connectivity index (χ2n) is 4.86. The molecule has 2 rings (SSSR count). The number of hydrogen-bond acceptors (Lipinski definition) is 4. The third-order valence-corrected chi connectivity index (χ3v) is 3.67. The Morgan fingerprint density at radius 2 is 2.14 bits per heavy atom. The number of aromatic nitrogens is 2. The number of nitrogens with zero attached hydrogens (tertiary/aromatic N) is 2. The van der Waals surface area contributed by atoms with Crippen LogP contribution < -0.4 is 4.74 Å². The van der Waals surface area contributed by atoms with Gasteiger partial charge in [0.2, 0.25) is 0 Å². The van der Waals surface area contributed by atoms with Crippen molar-refractivity contribution in [3.63, 3.8) is 0 Å². The fourth-order valence-corrected chi connectivity index (χ4v) is 2.58. The molecule has 0 spiro atoms. The van der Waals surface area contributed by atoms with Gasteiger partial charge < -0.3 is 14.6 Å². The lowest BCUT2D eigenvalue weighted by atomic mass is 9.92. The number of hydrogen-bond donors (Lipinski definition) is 1. The molecular weight excluding hydrogens is 292 g/mol. The van der Waals surface area contributed by atoms with E-state index in [-0.39, 0.29) is 0 Å². The van der Waals surface area contributed by atoms with E-state index in [0.29, 0.717) is 35.2 Å². The van der Waals surface area contributed by atoms with E-state index in [1.54, 1.807) is 31.9 Å². The molecule has 6 heteroatoms. The van der Waals surface area contributed by atoms with Gasteiger partial charge in [-0.15, -0.1) is 0 Å². The van der Waals surface area contributed by atoms with Crippen LogP contribution in [0.4, 0.5) is 0 Å². The molecule has 1 N–H and O–H groups in total. The fraction of sp³-hybridized carbons (Fsp3) is 0.400. The average molecular weight is 311 g/mol. The molecule has 0 aliphatic heterocycles. The van der Waals surface area contributed by atoms with E-state index >= 15 is 0 Å². The van der Waals surface area contributed by atoms with Crippen molar-refractivity contribution in [3.8, 4) is 5.75 Å². The van der Waals surface area contributed by atoms with Crippen LogP contribution in [-0.4, -0.2) is 35.7 Å². The SMILES string of the molecule is COCCn1ncc(Cl)c1C(C)(O)c1cccc(OC)c1. The number of ether oxygens (including phenoxy) is 2. The topological polar surface area (TPSA) is 56.5 Å². The first-order valence-corrected chi connectivity index (χ1v) is 6.96. The van der Waals surface area contributed by atoms with Crippen LogP contribution in [0.15, 0.2) is 30.5 Å². The van der Waals surface area contributed by atoms with Gasteiger partial charge in [-0.3, -0.25) is 4.68 Å². The number of rotatable bonds is 6. The lowest BCUT2D eigenvalue weighted by Crippen LogP contribution is -2.28. The van der Waals surface area contributed by atoms with Crippen molar-refractivity contribution in [2.24, 2.45) is 0 Å². The molecular formula is C15H19ClN2O3. The van der Waals surface area contributed by atoms with Crippen molar-refractivity contribution in [1.82, 2.24) is 9.78 Å². The van der Waals surface area contributed by atoms with Crippen LogP contribution in [0.5, 0.6) is 5.75 Å². The summed E-state index contributed by atoms with van der Waals surface area (Å²) in [6, 6.07) is 7.26. The first kappa shape index (κ1) is 15.8. The Balaban J connectivity index is 2.44. The van der Waals surface area contributed by atoms with Gasteiger partial charge >= 0.3 is 0 Å². The molecule has 0 saturated heterocycles. The van der Waals surface area contributed by atoms with Crippen LogP contribution in [0.25, 0.3) is 0 Å². The summed E-state index contributed by atoms with van der Waals surface area (Å²) in [5.41, 5.74) is -0.0621. The molecule has 0 bridgehead atoms. The summed E-state index contributed by atoms with van der Waals surface area (Å²) in [5.74, 6) is 0.673. The van der Waals surface area contributed by atoms with E-state index in [4.69, 9.17) is 21.1 Å². The van der Waals surface area contributed by atoms with Gasteiger partial charge in [-0.05, 0) is 24.6 Å². The average Bonchev–Trinajstić information content (AvgIpc) is 2.86. The third kappa shape index (κ3) is 3.20. The number of benzene rings is 1. The molecule has 1 atom stereocenters. The van der Waals surface area contributed by atoms with Gasteiger partial charge in [0.05, 0.1) is 37.2 Å². The molecule has 0 fully saturated rings. The lowest BCUT2D eigenvalue weighted by molar-refractivity contribution is 0.0881. The smallest absolute Gasteiger partial charge is 0.130 e. The summed E-state index contributed by atoms with van der Waals surface area (Å²) in [7, 11) is 3.20. The first-order valence-electron chi connectivity index (χ1n) is 6.58. The Morgan fingerprint density at radius 3 is 2.81 bits per heavy atom. The van der Waals surface area contributed by atoms with Crippen LogP contribution in [0.2, 0.25) is 5.02 Å². The van der Waals surface area contributed by atoms with Crippen LogP contribution in [0.1, 0.15) is 18.2 Å². The predicted molar refractivity (Wildman–Crippen MR) is 80.8 cm³/mol. The van der Waals surface area contributed by atoms with Crippen LogP contribution in [0, 0.1) is 0 Å². The molecule has 1 aromatic heterocycles. The van der Waals surface area contributed by atoms with Crippen molar-refractivity contribution in [2.75, 3.05) is 20.8 Å². The predicted octanol–water partition coefficient (Wildman–Crippen LogP) is 2.45. The quantitative estimate of drug-likeness (QED) is 0.890. The van der Waals surface area contributed by atoms with E-state index in [1.165, 1.54) is 6.20 Å². The van der Waals surface area contributed by atoms with Crippen molar-refractivity contribution < 1.29 is 14.6 Å². The molecule has 2 aromatic rings. The molecule has 0 aliphatic rings. The van der Waals surface area contributed by atoms with Gasteiger partial charge in [0.25, 0.3) is 0 Å². The molecule has 1 aromatic carbocycles. The second-order valence-corrected chi connectivity index (χ2v) is 5.27. The van der Waals surface area contributed by atoms with E-state index in [9.17, 15) is 5.11 Å². The maximum atomic E-state index is 11.0. The summed E-state index contributed by atoms with van der Waals surface area (Å²) in [6.45, 7) is 2.69. The van der Waals surface area contributed by atoms with Gasteiger partial charge in [-0.25, -0.2) is 0 Å². The highest BCUT2D eigenvalue weighted by atomic mass is 35.5. The normalized spacial score (nSPS) is 14.0. The molecule has 114 valence electrons. The van der Waals surface area contributed by atoms with Crippen LogP contribution in [0.3, 0.4) is 0 Å². The molecule has 1 unspecified atom stereocenters. The minimum absolute atomic E-state index is 0.416. The molecule has 0 aliphatic carbocycles. The van der Waals surface area contributed by atoms with E-state index in [2.05, 4.69) is 5.10 Å². The summed E-state index contributed by atoms with van der Waals surface area (Å²) < 4.78 is 11.9. The highest BCUT2D eigenvalue weighted by Gasteiger charge is 2.32. The van der Waals surface area contributed by atoms with Crippen molar-refractivity contribution in [1.29, 1.82) is 0 Å². The summed E-state index contributed by atoms with van der Waals surface area (Å²) in [4.78, 5) is 0.